The van der Waals surface area contributed by atoms with Gasteiger partial charge in [0.25, 0.3) is 6.47 Å². The lowest BCUT2D eigenvalue weighted by molar-refractivity contribution is -0.140. The molecule has 1 saturated carbocycles. The molecular weight excluding hydrogens is 164 g/mol. The lowest BCUT2D eigenvalue weighted by Gasteiger charge is -2.39. The third-order valence-electron chi connectivity index (χ3n) is 3.05. The van der Waals surface area contributed by atoms with Crippen LogP contribution in [0.15, 0.2) is 0 Å². The van der Waals surface area contributed by atoms with E-state index in [4.69, 9.17) is 4.74 Å². The van der Waals surface area contributed by atoms with Crippen LogP contribution < -0.4 is 0 Å². The van der Waals surface area contributed by atoms with Crippen LogP contribution in [0.2, 0.25) is 0 Å². The number of hydrogen-bond acceptors (Lipinski definition) is 2. The number of ether oxygens (including phenoxy) is 1. The minimum absolute atomic E-state index is 0.159. The van der Waals surface area contributed by atoms with Crippen molar-refractivity contribution in [3.8, 4) is 0 Å². The first-order chi connectivity index (χ1) is 6.05. The smallest absolute Gasteiger partial charge is 0.293 e. The summed E-state index contributed by atoms with van der Waals surface area (Å²) in [7, 11) is 0. The van der Waals surface area contributed by atoms with Crippen LogP contribution in [-0.4, -0.2) is 12.6 Å². The zero-order chi connectivity index (χ0) is 9.90. The van der Waals surface area contributed by atoms with Gasteiger partial charge in [0.1, 0.15) is 6.10 Å². The van der Waals surface area contributed by atoms with Crippen LogP contribution in [0, 0.1) is 11.3 Å². The van der Waals surface area contributed by atoms with E-state index in [2.05, 4.69) is 20.8 Å². The summed E-state index contributed by atoms with van der Waals surface area (Å²) < 4.78 is 5.14. The molecule has 2 unspecified atom stereocenters. The van der Waals surface area contributed by atoms with Crippen LogP contribution in [0.1, 0.15) is 46.5 Å². The van der Waals surface area contributed by atoms with Crippen molar-refractivity contribution in [1.82, 2.24) is 0 Å². The molecule has 0 aromatic heterocycles. The Kier molecular flexibility index (Phi) is 3.34. The largest absolute Gasteiger partial charge is 0.464 e. The quantitative estimate of drug-likeness (QED) is 0.617. The van der Waals surface area contributed by atoms with Crippen molar-refractivity contribution in [1.29, 1.82) is 0 Å². The lowest BCUT2D eigenvalue weighted by Crippen LogP contribution is -2.36. The molecule has 0 saturated heterocycles. The molecule has 0 radical (unpaired) electrons. The van der Waals surface area contributed by atoms with Crippen molar-refractivity contribution in [3.05, 3.63) is 0 Å². The Morgan fingerprint density at radius 1 is 1.23 bits per heavy atom. The van der Waals surface area contributed by atoms with Gasteiger partial charge in [-0.2, -0.15) is 0 Å². The summed E-state index contributed by atoms with van der Waals surface area (Å²) in [4.78, 5) is 10.3. The van der Waals surface area contributed by atoms with Crippen molar-refractivity contribution in [3.63, 3.8) is 0 Å². The summed E-state index contributed by atoms with van der Waals surface area (Å²) in [6.07, 6.45) is 4.88. The zero-order valence-electron chi connectivity index (χ0n) is 8.88. The molecule has 0 N–H and O–H groups in total. The van der Waals surface area contributed by atoms with E-state index in [-0.39, 0.29) is 11.5 Å². The molecule has 2 heteroatoms. The maximum absolute atomic E-state index is 10.3. The second-order valence-corrected chi connectivity index (χ2v) is 5.03. The molecule has 0 aromatic rings. The van der Waals surface area contributed by atoms with Gasteiger partial charge in [0.15, 0.2) is 0 Å². The maximum atomic E-state index is 10.3. The number of rotatable bonds is 2. The van der Waals surface area contributed by atoms with Gasteiger partial charge in [-0.25, -0.2) is 0 Å². The SMILES string of the molecule is CC(C)(C)C1CCCCC1OC=O. The molecule has 13 heavy (non-hydrogen) atoms. The van der Waals surface area contributed by atoms with Crippen molar-refractivity contribution in [2.24, 2.45) is 11.3 Å². The van der Waals surface area contributed by atoms with Crippen LogP contribution in [0.5, 0.6) is 0 Å². The van der Waals surface area contributed by atoms with E-state index >= 15 is 0 Å². The molecule has 0 aliphatic heterocycles. The highest BCUT2D eigenvalue weighted by Crippen LogP contribution is 2.39. The molecular formula is C11H20O2. The number of hydrogen-bond donors (Lipinski definition) is 0. The normalized spacial score (nSPS) is 29.8. The van der Waals surface area contributed by atoms with Gasteiger partial charge in [-0.1, -0.05) is 27.2 Å². The highest BCUT2D eigenvalue weighted by atomic mass is 16.5. The maximum Gasteiger partial charge on any atom is 0.293 e. The van der Waals surface area contributed by atoms with Gasteiger partial charge in [-0.05, 0) is 24.7 Å². The van der Waals surface area contributed by atoms with Gasteiger partial charge >= 0.3 is 0 Å². The monoisotopic (exact) mass is 184 g/mol. The molecule has 0 spiro atoms. The van der Waals surface area contributed by atoms with E-state index in [1.807, 2.05) is 0 Å². The van der Waals surface area contributed by atoms with E-state index in [1.165, 1.54) is 19.3 Å². The van der Waals surface area contributed by atoms with Gasteiger partial charge in [0.2, 0.25) is 0 Å². The Bertz CT molecular complexity index is 169. The summed E-state index contributed by atoms with van der Waals surface area (Å²) in [5.41, 5.74) is 0.258. The van der Waals surface area contributed by atoms with Crippen molar-refractivity contribution < 1.29 is 9.53 Å². The third-order valence-corrected chi connectivity index (χ3v) is 3.05. The molecule has 1 aliphatic carbocycles. The summed E-state index contributed by atoms with van der Waals surface area (Å²) in [5, 5.41) is 0. The summed E-state index contributed by atoms with van der Waals surface area (Å²) in [6, 6.07) is 0. The fourth-order valence-electron chi connectivity index (χ4n) is 2.32. The molecule has 0 amide bonds. The van der Waals surface area contributed by atoms with Crippen molar-refractivity contribution in [2.75, 3.05) is 0 Å². The van der Waals surface area contributed by atoms with Crippen molar-refractivity contribution >= 4 is 6.47 Å². The van der Waals surface area contributed by atoms with E-state index < -0.39 is 0 Å². The molecule has 1 fully saturated rings. The molecule has 76 valence electrons. The fraction of sp³-hybridized carbons (Fsp3) is 0.909. The summed E-state index contributed by atoms with van der Waals surface area (Å²) in [5.74, 6) is 0.534. The van der Waals surface area contributed by atoms with Crippen LogP contribution in [0.4, 0.5) is 0 Å². The van der Waals surface area contributed by atoms with Crippen molar-refractivity contribution in [2.45, 2.75) is 52.6 Å². The second-order valence-electron chi connectivity index (χ2n) is 5.03. The van der Waals surface area contributed by atoms with Crippen LogP contribution in [0.25, 0.3) is 0 Å². The van der Waals surface area contributed by atoms with Gasteiger partial charge in [0.05, 0.1) is 0 Å². The average molecular weight is 184 g/mol. The standard InChI is InChI=1S/C11H20O2/c1-11(2,3)9-6-4-5-7-10(9)13-8-12/h8-10H,4-7H2,1-3H3. The first-order valence-corrected chi connectivity index (χ1v) is 5.15. The zero-order valence-corrected chi connectivity index (χ0v) is 8.88. The molecule has 0 aromatic carbocycles. The first-order valence-electron chi connectivity index (χ1n) is 5.15. The van der Waals surface area contributed by atoms with Crippen LogP contribution in [-0.2, 0) is 9.53 Å². The van der Waals surface area contributed by atoms with Gasteiger partial charge in [-0.15, -0.1) is 0 Å². The molecule has 0 bridgehead atoms. The molecule has 1 aliphatic rings. The molecule has 2 nitrogen and oxygen atoms in total. The Labute approximate surface area is 80.7 Å². The number of carbonyl (C=O) groups is 1. The predicted octanol–water partition coefficient (Wildman–Crippen LogP) is 2.76. The minimum atomic E-state index is 0.159. The van der Waals surface area contributed by atoms with Crippen LogP contribution in [0.3, 0.4) is 0 Å². The Morgan fingerprint density at radius 3 is 2.38 bits per heavy atom. The Morgan fingerprint density at radius 2 is 1.85 bits per heavy atom. The fourth-order valence-corrected chi connectivity index (χ4v) is 2.32. The Hall–Kier alpha value is -0.530. The van der Waals surface area contributed by atoms with Gasteiger partial charge in [0, 0.05) is 5.92 Å². The average Bonchev–Trinajstić information content (AvgIpc) is 2.04. The van der Waals surface area contributed by atoms with E-state index in [9.17, 15) is 4.79 Å². The molecule has 0 heterocycles. The highest BCUT2D eigenvalue weighted by Gasteiger charge is 2.35. The number of carbonyl (C=O) groups excluding carboxylic acids is 1. The van der Waals surface area contributed by atoms with E-state index in [0.717, 1.165) is 6.42 Å². The predicted molar refractivity (Wildman–Crippen MR) is 52.4 cm³/mol. The summed E-state index contributed by atoms with van der Waals surface area (Å²) in [6.45, 7) is 7.28. The van der Waals surface area contributed by atoms with Gasteiger partial charge < -0.3 is 4.74 Å². The van der Waals surface area contributed by atoms with Gasteiger partial charge in [-0.3, -0.25) is 4.79 Å². The van der Waals surface area contributed by atoms with E-state index in [1.54, 1.807) is 0 Å². The summed E-state index contributed by atoms with van der Waals surface area (Å²) >= 11 is 0. The lowest BCUT2D eigenvalue weighted by atomic mass is 9.71. The first kappa shape index (κ1) is 10.6. The topological polar surface area (TPSA) is 26.3 Å². The van der Waals surface area contributed by atoms with E-state index in [0.29, 0.717) is 12.4 Å². The molecule has 1 rings (SSSR count). The third kappa shape index (κ3) is 2.71. The van der Waals surface area contributed by atoms with Crippen LogP contribution >= 0.6 is 0 Å². The highest BCUT2D eigenvalue weighted by molar-refractivity contribution is 5.37. The Balaban J connectivity index is 2.61. The minimum Gasteiger partial charge on any atom is -0.464 e. The second kappa shape index (κ2) is 4.12. The molecule has 2 atom stereocenters.